The van der Waals surface area contributed by atoms with Crippen molar-refractivity contribution in [3.05, 3.63) is 59.4 Å². The Hall–Kier alpha value is -2.38. The number of hydrogen-bond acceptors (Lipinski definition) is 5. The molecule has 0 spiro atoms. The van der Waals surface area contributed by atoms with Gasteiger partial charge in [-0.25, -0.2) is 13.4 Å². The van der Waals surface area contributed by atoms with Gasteiger partial charge in [-0.3, -0.25) is 0 Å². The monoisotopic (exact) mass is 428 g/mol. The summed E-state index contributed by atoms with van der Waals surface area (Å²) in [6.07, 6.45) is 0.552. The second-order valence-electron chi connectivity index (χ2n) is 8.33. The molecular weight excluding hydrogens is 400 g/mol. The van der Waals surface area contributed by atoms with Gasteiger partial charge in [-0.15, -0.1) is 0 Å². The van der Waals surface area contributed by atoms with Gasteiger partial charge in [-0.2, -0.15) is 0 Å². The highest BCUT2D eigenvalue weighted by Crippen LogP contribution is 2.25. The molecule has 0 saturated carbocycles. The Kier molecular flexibility index (Phi) is 5.84. The molecule has 1 aromatic heterocycles. The fourth-order valence-corrected chi connectivity index (χ4v) is 5.95. The lowest BCUT2D eigenvalue weighted by molar-refractivity contribution is 0.0922. The van der Waals surface area contributed by atoms with Crippen molar-refractivity contribution in [2.45, 2.75) is 39.3 Å². The summed E-state index contributed by atoms with van der Waals surface area (Å²) in [5, 5.41) is 10.7. The van der Waals surface area contributed by atoms with E-state index in [0.717, 1.165) is 33.7 Å². The molecule has 1 aliphatic heterocycles. The maximum absolute atomic E-state index is 11.9. The normalized spacial score (nSPS) is 19.2. The summed E-state index contributed by atoms with van der Waals surface area (Å²) in [6.45, 7) is 4.52. The first-order valence-electron chi connectivity index (χ1n) is 10.3. The second-order valence-corrected chi connectivity index (χ2v) is 10.6. The van der Waals surface area contributed by atoms with Crippen molar-refractivity contribution >= 4 is 20.9 Å². The van der Waals surface area contributed by atoms with Crippen LogP contribution in [-0.2, 0) is 22.8 Å². The number of benzene rings is 2. The molecule has 1 aliphatic rings. The molecule has 1 N–H and O–H groups in total. The number of imidazole rings is 1. The summed E-state index contributed by atoms with van der Waals surface area (Å²) in [4.78, 5) is 4.74. The van der Waals surface area contributed by atoms with Crippen molar-refractivity contribution in [1.29, 1.82) is 0 Å². The van der Waals surface area contributed by atoms with E-state index in [0.29, 0.717) is 19.4 Å². The van der Waals surface area contributed by atoms with E-state index in [4.69, 9.17) is 9.72 Å². The average molecular weight is 429 g/mol. The van der Waals surface area contributed by atoms with Crippen molar-refractivity contribution in [2.24, 2.45) is 5.92 Å². The first-order valence-corrected chi connectivity index (χ1v) is 12.2. The molecule has 1 fully saturated rings. The Morgan fingerprint density at radius 3 is 2.80 bits per heavy atom. The number of aliphatic hydroxyl groups excluding tert-OH is 1. The van der Waals surface area contributed by atoms with Crippen LogP contribution >= 0.6 is 0 Å². The number of nitrogens with zero attached hydrogens (tertiary/aromatic N) is 2. The van der Waals surface area contributed by atoms with E-state index in [1.165, 1.54) is 0 Å². The standard InChI is InChI=1S/C23H28N2O4S/c1-16-7-8-17(2)22(11-16)29-14-19(26)13-25-21-6-4-3-5-20(21)24-23(25)12-18-9-10-30(27,28)15-18/h3-8,11,18-19,26H,9-10,12-15H2,1-2H3. The third kappa shape index (κ3) is 4.68. The zero-order chi connectivity index (χ0) is 21.3. The van der Waals surface area contributed by atoms with Crippen LogP contribution in [0.15, 0.2) is 42.5 Å². The third-order valence-corrected chi connectivity index (χ3v) is 7.54. The van der Waals surface area contributed by atoms with Crippen molar-refractivity contribution in [2.75, 3.05) is 18.1 Å². The number of para-hydroxylation sites is 2. The average Bonchev–Trinajstić information content (AvgIpc) is 3.22. The molecule has 3 aromatic rings. The quantitative estimate of drug-likeness (QED) is 0.625. The molecule has 2 atom stereocenters. The van der Waals surface area contributed by atoms with Gasteiger partial charge in [0.25, 0.3) is 0 Å². The van der Waals surface area contributed by atoms with Crippen molar-refractivity contribution in [3.63, 3.8) is 0 Å². The molecule has 2 heterocycles. The molecule has 2 aromatic carbocycles. The number of sulfone groups is 1. The van der Waals surface area contributed by atoms with Gasteiger partial charge in [-0.1, -0.05) is 24.3 Å². The van der Waals surface area contributed by atoms with Crippen LogP contribution in [0.5, 0.6) is 5.75 Å². The number of aromatic nitrogens is 2. The van der Waals surface area contributed by atoms with Gasteiger partial charge in [0, 0.05) is 6.42 Å². The molecule has 6 nitrogen and oxygen atoms in total. The molecule has 0 radical (unpaired) electrons. The minimum atomic E-state index is -2.93. The van der Waals surface area contributed by atoms with Gasteiger partial charge in [0.2, 0.25) is 0 Å². The Morgan fingerprint density at radius 1 is 1.23 bits per heavy atom. The first kappa shape index (κ1) is 20.9. The lowest BCUT2D eigenvalue weighted by Crippen LogP contribution is -2.25. The van der Waals surface area contributed by atoms with Gasteiger partial charge in [0.1, 0.15) is 24.3 Å². The highest BCUT2D eigenvalue weighted by molar-refractivity contribution is 7.91. The van der Waals surface area contributed by atoms with Crippen molar-refractivity contribution in [1.82, 2.24) is 9.55 Å². The van der Waals surface area contributed by atoms with E-state index in [-0.39, 0.29) is 24.0 Å². The minimum Gasteiger partial charge on any atom is -0.491 e. The zero-order valence-electron chi connectivity index (χ0n) is 17.4. The summed E-state index contributed by atoms with van der Waals surface area (Å²) in [5.41, 5.74) is 3.94. The number of fused-ring (bicyclic) bond motifs is 1. The maximum Gasteiger partial charge on any atom is 0.150 e. The van der Waals surface area contributed by atoms with E-state index < -0.39 is 15.9 Å². The minimum absolute atomic E-state index is 0.0777. The molecule has 30 heavy (non-hydrogen) atoms. The number of aliphatic hydroxyl groups is 1. The lowest BCUT2D eigenvalue weighted by atomic mass is 10.1. The number of rotatable bonds is 7. The van der Waals surface area contributed by atoms with E-state index in [2.05, 4.69) is 0 Å². The topological polar surface area (TPSA) is 81.4 Å². The van der Waals surface area contributed by atoms with Crippen molar-refractivity contribution in [3.8, 4) is 5.75 Å². The summed E-state index contributed by atoms with van der Waals surface area (Å²) < 4.78 is 31.6. The van der Waals surface area contributed by atoms with Crippen LogP contribution in [0.25, 0.3) is 11.0 Å². The SMILES string of the molecule is Cc1ccc(C)c(OCC(O)Cn2c(CC3CCS(=O)(=O)C3)nc3ccccc32)c1. The number of ether oxygens (including phenoxy) is 1. The molecule has 1 saturated heterocycles. The fourth-order valence-electron chi connectivity index (χ4n) is 4.09. The van der Waals surface area contributed by atoms with Gasteiger partial charge in [0.15, 0.2) is 9.84 Å². The largest absolute Gasteiger partial charge is 0.491 e. The van der Waals surface area contributed by atoms with Crippen LogP contribution in [0.4, 0.5) is 0 Å². The maximum atomic E-state index is 11.9. The van der Waals surface area contributed by atoms with Crippen LogP contribution in [0.1, 0.15) is 23.4 Å². The highest BCUT2D eigenvalue weighted by atomic mass is 32.2. The third-order valence-electron chi connectivity index (χ3n) is 5.70. The highest BCUT2D eigenvalue weighted by Gasteiger charge is 2.29. The Morgan fingerprint density at radius 2 is 2.03 bits per heavy atom. The van der Waals surface area contributed by atoms with Crippen LogP contribution < -0.4 is 4.74 Å². The smallest absolute Gasteiger partial charge is 0.150 e. The Labute approximate surface area is 177 Å². The van der Waals surface area contributed by atoms with E-state index in [1.54, 1.807) is 0 Å². The van der Waals surface area contributed by atoms with E-state index in [1.807, 2.05) is 60.9 Å². The molecule has 4 rings (SSSR count). The molecule has 0 aliphatic carbocycles. The number of hydrogen-bond donors (Lipinski definition) is 1. The summed E-state index contributed by atoms with van der Waals surface area (Å²) in [7, 11) is -2.93. The van der Waals surface area contributed by atoms with Gasteiger partial charge >= 0.3 is 0 Å². The fraction of sp³-hybridized carbons (Fsp3) is 0.435. The lowest BCUT2D eigenvalue weighted by Gasteiger charge is -2.17. The summed E-state index contributed by atoms with van der Waals surface area (Å²) in [5.74, 6) is 2.15. The first-order chi connectivity index (χ1) is 14.3. The van der Waals surface area contributed by atoms with E-state index in [9.17, 15) is 13.5 Å². The Balaban J connectivity index is 1.51. The zero-order valence-corrected chi connectivity index (χ0v) is 18.2. The van der Waals surface area contributed by atoms with Gasteiger partial charge in [0.05, 0.1) is 29.1 Å². The van der Waals surface area contributed by atoms with E-state index >= 15 is 0 Å². The predicted molar refractivity (Wildman–Crippen MR) is 118 cm³/mol. The summed E-state index contributed by atoms with van der Waals surface area (Å²) >= 11 is 0. The Bertz CT molecular complexity index is 1150. The second kappa shape index (κ2) is 8.40. The van der Waals surface area contributed by atoms with Gasteiger partial charge < -0.3 is 14.4 Å². The molecule has 0 amide bonds. The van der Waals surface area contributed by atoms with Crippen LogP contribution in [0.3, 0.4) is 0 Å². The van der Waals surface area contributed by atoms with Gasteiger partial charge in [-0.05, 0) is 55.5 Å². The van der Waals surface area contributed by atoms with Crippen LogP contribution in [-0.4, -0.2) is 47.3 Å². The van der Waals surface area contributed by atoms with Crippen molar-refractivity contribution < 1.29 is 18.3 Å². The molecule has 160 valence electrons. The number of aryl methyl sites for hydroxylation is 2. The molecule has 0 bridgehead atoms. The molecule has 2 unspecified atom stereocenters. The summed E-state index contributed by atoms with van der Waals surface area (Å²) in [6, 6.07) is 13.8. The molecular formula is C23H28N2O4S. The predicted octanol–water partition coefficient (Wildman–Crippen LogP) is 3.07. The van der Waals surface area contributed by atoms with Crippen LogP contribution in [0.2, 0.25) is 0 Å². The molecule has 7 heteroatoms. The van der Waals surface area contributed by atoms with Crippen LogP contribution in [0, 0.1) is 19.8 Å².